The third kappa shape index (κ3) is 5.18. The minimum absolute atomic E-state index is 0.0337. The van der Waals surface area contributed by atoms with Crippen LogP contribution < -0.4 is 5.32 Å². The third-order valence-corrected chi connectivity index (χ3v) is 4.69. The number of hydrogen-bond donors (Lipinski definition) is 1. The van der Waals surface area contributed by atoms with Gasteiger partial charge in [-0.05, 0) is 39.7 Å². The van der Waals surface area contributed by atoms with Crippen LogP contribution in [0.15, 0.2) is 36.5 Å². The number of rotatable bonds is 9. The Kier molecular flexibility index (Phi) is 7.39. The standard InChI is InChI=1S/C21H32N4O/c1-6-20-19(14-23-25(20)15-18-10-8-7-9-11-18)21(26)22-12-13-24(16(2)3)17(4)5/h7-11,14,16-17H,6,12-13,15H2,1-5H3,(H,22,26). The lowest BCUT2D eigenvalue weighted by Crippen LogP contribution is -2.42. The van der Waals surface area contributed by atoms with Gasteiger partial charge < -0.3 is 5.32 Å². The normalized spacial score (nSPS) is 11.5. The van der Waals surface area contributed by atoms with Crippen LogP contribution >= 0.6 is 0 Å². The molecule has 0 bridgehead atoms. The molecule has 1 N–H and O–H groups in total. The molecule has 26 heavy (non-hydrogen) atoms. The lowest BCUT2D eigenvalue weighted by atomic mass is 10.1. The number of carbonyl (C=O) groups excluding carboxylic acids is 1. The van der Waals surface area contributed by atoms with Gasteiger partial charge in [0.05, 0.1) is 24.0 Å². The Morgan fingerprint density at radius 1 is 1.15 bits per heavy atom. The van der Waals surface area contributed by atoms with E-state index in [0.717, 1.165) is 18.7 Å². The van der Waals surface area contributed by atoms with Gasteiger partial charge in [-0.1, -0.05) is 37.3 Å². The van der Waals surface area contributed by atoms with Crippen molar-refractivity contribution in [3.63, 3.8) is 0 Å². The van der Waals surface area contributed by atoms with Gasteiger partial charge in [0.1, 0.15) is 0 Å². The topological polar surface area (TPSA) is 50.2 Å². The molecule has 0 aliphatic heterocycles. The fourth-order valence-electron chi connectivity index (χ4n) is 3.37. The van der Waals surface area contributed by atoms with E-state index in [-0.39, 0.29) is 5.91 Å². The zero-order valence-corrected chi connectivity index (χ0v) is 16.7. The molecular weight excluding hydrogens is 324 g/mol. The highest BCUT2D eigenvalue weighted by Crippen LogP contribution is 2.12. The van der Waals surface area contributed by atoms with E-state index in [1.165, 1.54) is 5.56 Å². The summed E-state index contributed by atoms with van der Waals surface area (Å²) in [5.74, 6) is -0.0337. The second-order valence-electron chi connectivity index (χ2n) is 7.18. The third-order valence-electron chi connectivity index (χ3n) is 4.69. The maximum Gasteiger partial charge on any atom is 0.254 e. The summed E-state index contributed by atoms with van der Waals surface area (Å²) in [7, 11) is 0. The van der Waals surface area contributed by atoms with Crippen molar-refractivity contribution in [1.82, 2.24) is 20.0 Å². The lowest BCUT2D eigenvalue weighted by Gasteiger charge is -2.30. The maximum atomic E-state index is 12.6. The number of nitrogens with zero attached hydrogens (tertiary/aromatic N) is 3. The number of hydrogen-bond acceptors (Lipinski definition) is 3. The Hall–Kier alpha value is -2.14. The number of amides is 1. The zero-order chi connectivity index (χ0) is 19.1. The molecule has 2 aromatic rings. The van der Waals surface area contributed by atoms with Gasteiger partial charge >= 0.3 is 0 Å². The molecule has 0 unspecified atom stereocenters. The molecule has 0 atom stereocenters. The molecule has 0 aliphatic carbocycles. The van der Waals surface area contributed by atoms with E-state index in [4.69, 9.17) is 0 Å². The van der Waals surface area contributed by atoms with Gasteiger partial charge in [0.2, 0.25) is 0 Å². The number of benzene rings is 1. The molecule has 5 heteroatoms. The summed E-state index contributed by atoms with van der Waals surface area (Å²) in [6, 6.07) is 11.1. The average Bonchev–Trinajstić information content (AvgIpc) is 3.01. The molecule has 0 saturated carbocycles. The second kappa shape index (κ2) is 9.53. The van der Waals surface area contributed by atoms with Crippen LogP contribution in [-0.2, 0) is 13.0 Å². The fraction of sp³-hybridized carbons (Fsp3) is 0.524. The first-order valence-electron chi connectivity index (χ1n) is 9.56. The van der Waals surface area contributed by atoms with Gasteiger partial charge in [-0.25, -0.2) is 0 Å². The molecule has 0 radical (unpaired) electrons. The van der Waals surface area contributed by atoms with Gasteiger partial charge in [0, 0.05) is 25.2 Å². The number of aromatic nitrogens is 2. The average molecular weight is 357 g/mol. The molecule has 0 aliphatic rings. The van der Waals surface area contributed by atoms with E-state index in [1.54, 1.807) is 6.20 Å². The van der Waals surface area contributed by atoms with E-state index in [1.807, 2.05) is 22.9 Å². The van der Waals surface area contributed by atoms with E-state index in [9.17, 15) is 4.79 Å². The van der Waals surface area contributed by atoms with Crippen LogP contribution in [0.5, 0.6) is 0 Å². The molecule has 142 valence electrons. The van der Waals surface area contributed by atoms with Crippen molar-refractivity contribution in [2.24, 2.45) is 0 Å². The zero-order valence-electron chi connectivity index (χ0n) is 16.7. The first-order chi connectivity index (χ1) is 12.4. The molecule has 1 aromatic carbocycles. The van der Waals surface area contributed by atoms with Crippen LogP contribution in [-0.4, -0.2) is 45.8 Å². The van der Waals surface area contributed by atoms with Crippen LogP contribution in [0.3, 0.4) is 0 Å². The molecule has 5 nitrogen and oxygen atoms in total. The predicted molar refractivity (Wildman–Crippen MR) is 106 cm³/mol. The van der Waals surface area contributed by atoms with Crippen LogP contribution in [0, 0.1) is 0 Å². The lowest BCUT2D eigenvalue weighted by molar-refractivity contribution is 0.0938. The van der Waals surface area contributed by atoms with Crippen molar-refractivity contribution in [3.05, 3.63) is 53.3 Å². The second-order valence-corrected chi connectivity index (χ2v) is 7.18. The summed E-state index contributed by atoms with van der Waals surface area (Å²) in [6.45, 7) is 13.0. The minimum Gasteiger partial charge on any atom is -0.351 e. The summed E-state index contributed by atoms with van der Waals surface area (Å²) < 4.78 is 1.93. The fourth-order valence-corrected chi connectivity index (χ4v) is 3.37. The van der Waals surface area contributed by atoms with Crippen molar-refractivity contribution in [2.45, 2.75) is 59.7 Å². The van der Waals surface area contributed by atoms with Crippen LogP contribution in [0.2, 0.25) is 0 Å². The quantitative estimate of drug-likeness (QED) is 0.750. The largest absolute Gasteiger partial charge is 0.351 e. The molecule has 0 saturated heterocycles. The number of nitrogens with one attached hydrogen (secondary N) is 1. The summed E-state index contributed by atoms with van der Waals surface area (Å²) in [5, 5.41) is 7.51. The van der Waals surface area contributed by atoms with Crippen LogP contribution in [0.25, 0.3) is 0 Å². The first-order valence-corrected chi connectivity index (χ1v) is 9.56. The monoisotopic (exact) mass is 356 g/mol. The maximum absolute atomic E-state index is 12.6. The summed E-state index contributed by atoms with van der Waals surface area (Å²) in [4.78, 5) is 15.0. The van der Waals surface area contributed by atoms with Crippen molar-refractivity contribution < 1.29 is 4.79 Å². The van der Waals surface area contributed by atoms with E-state index >= 15 is 0 Å². The summed E-state index contributed by atoms with van der Waals surface area (Å²) in [5.41, 5.74) is 2.85. The van der Waals surface area contributed by atoms with Crippen molar-refractivity contribution in [2.75, 3.05) is 13.1 Å². The molecule has 1 aromatic heterocycles. The SMILES string of the molecule is CCc1c(C(=O)NCCN(C(C)C)C(C)C)cnn1Cc1ccccc1. The predicted octanol–water partition coefficient (Wildman–Crippen LogP) is 3.34. The smallest absolute Gasteiger partial charge is 0.254 e. The highest BCUT2D eigenvalue weighted by atomic mass is 16.1. The Bertz CT molecular complexity index is 683. The van der Waals surface area contributed by atoms with Gasteiger partial charge in [-0.2, -0.15) is 5.10 Å². The molecular formula is C21H32N4O. The highest BCUT2D eigenvalue weighted by molar-refractivity contribution is 5.95. The Morgan fingerprint density at radius 2 is 1.81 bits per heavy atom. The molecule has 1 heterocycles. The Morgan fingerprint density at radius 3 is 2.38 bits per heavy atom. The highest BCUT2D eigenvalue weighted by Gasteiger charge is 2.17. The van der Waals surface area contributed by atoms with Gasteiger partial charge in [0.15, 0.2) is 0 Å². The van der Waals surface area contributed by atoms with Gasteiger partial charge in [-0.15, -0.1) is 0 Å². The minimum atomic E-state index is -0.0337. The summed E-state index contributed by atoms with van der Waals surface area (Å²) >= 11 is 0. The van der Waals surface area contributed by atoms with E-state index in [2.05, 4.69) is 62.1 Å². The molecule has 2 rings (SSSR count). The number of carbonyl (C=O) groups is 1. The van der Waals surface area contributed by atoms with Gasteiger partial charge in [-0.3, -0.25) is 14.4 Å². The Balaban J connectivity index is 2.01. The first kappa shape index (κ1) is 20.2. The van der Waals surface area contributed by atoms with Crippen molar-refractivity contribution in [3.8, 4) is 0 Å². The van der Waals surface area contributed by atoms with Crippen molar-refractivity contribution >= 4 is 5.91 Å². The van der Waals surface area contributed by atoms with E-state index in [0.29, 0.717) is 30.7 Å². The van der Waals surface area contributed by atoms with Crippen molar-refractivity contribution in [1.29, 1.82) is 0 Å². The van der Waals surface area contributed by atoms with Crippen LogP contribution in [0.4, 0.5) is 0 Å². The van der Waals surface area contributed by atoms with Crippen LogP contribution in [0.1, 0.15) is 56.2 Å². The molecule has 0 spiro atoms. The van der Waals surface area contributed by atoms with Gasteiger partial charge in [0.25, 0.3) is 5.91 Å². The molecule has 0 fully saturated rings. The Labute approximate surface area is 157 Å². The van der Waals surface area contributed by atoms with E-state index < -0.39 is 0 Å². The molecule has 1 amide bonds. The summed E-state index contributed by atoms with van der Waals surface area (Å²) in [6.07, 6.45) is 2.47.